The van der Waals surface area contributed by atoms with E-state index in [0.717, 1.165) is 18.7 Å². The van der Waals surface area contributed by atoms with Gasteiger partial charge in [0.2, 0.25) is 10.0 Å². The Morgan fingerprint density at radius 1 is 1.25 bits per heavy atom. The molecule has 1 atom stereocenters. The van der Waals surface area contributed by atoms with Crippen LogP contribution in [0.5, 0.6) is 5.75 Å². The number of hydrogen-bond donors (Lipinski definition) is 1. The molecule has 28 heavy (non-hydrogen) atoms. The van der Waals surface area contributed by atoms with Gasteiger partial charge in [0, 0.05) is 30.7 Å². The zero-order valence-corrected chi connectivity index (χ0v) is 18.6. The summed E-state index contributed by atoms with van der Waals surface area (Å²) < 4.78 is 40.0. The zero-order chi connectivity index (χ0) is 20.1. The Kier molecular flexibility index (Phi) is 7.36. The highest BCUT2D eigenvalue weighted by Crippen LogP contribution is 2.35. The Hall–Kier alpha value is -1.16. The minimum Gasteiger partial charge on any atom is -0.494 e. The van der Waals surface area contributed by atoms with Gasteiger partial charge in [-0.15, -0.1) is 0 Å². The number of benzene rings is 2. The lowest BCUT2D eigenvalue weighted by Crippen LogP contribution is -2.43. The Balaban J connectivity index is 1.86. The fraction of sp³-hybridized carbons (Fsp3) is 0.368. The lowest BCUT2D eigenvalue weighted by Gasteiger charge is -2.35. The summed E-state index contributed by atoms with van der Waals surface area (Å²) in [7, 11) is -2.41. The van der Waals surface area contributed by atoms with Crippen molar-refractivity contribution >= 4 is 37.6 Å². The van der Waals surface area contributed by atoms with Crippen LogP contribution in [0.2, 0.25) is 5.02 Å². The first-order chi connectivity index (χ1) is 13.4. The lowest BCUT2D eigenvalue weighted by atomic mass is 10.1. The van der Waals surface area contributed by atoms with Crippen molar-refractivity contribution in [1.82, 2.24) is 9.62 Å². The Morgan fingerprint density at radius 2 is 1.93 bits per heavy atom. The van der Waals surface area contributed by atoms with Crippen molar-refractivity contribution in [3.05, 3.63) is 57.5 Å². The molecular formula is C19H22BrClN2O4S. The first-order valence-corrected chi connectivity index (χ1v) is 11.5. The van der Waals surface area contributed by atoms with Crippen LogP contribution < -0.4 is 9.46 Å². The number of sulfonamides is 1. The van der Waals surface area contributed by atoms with Gasteiger partial charge >= 0.3 is 0 Å². The molecule has 0 bridgehead atoms. The number of halogens is 2. The quantitative estimate of drug-likeness (QED) is 0.645. The van der Waals surface area contributed by atoms with E-state index in [1.54, 1.807) is 6.07 Å². The van der Waals surface area contributed by atoms with Crippen LogP contribution in [0, 0.1) is 0 Å². The van der Waals surface area contributed by atoms with E-state index in [4.69, 9.17) is 21.1 Å². The fourth-order valence-corrected chi connectivity index (χ4v) is 5.64. The van der Waals surface area contributed by atoms with E-state index in [9.17, 15) is 8.42 Å². The third kappa shape index (κ3) is 5.06. The normalized spacial score (nSPS) is 16.7. The van der Waals surface area contributed by atoms with E-state index in [1.807, 2.05) is 30.3 Å². The number of morpholine rings is 1. The molecule has 6 nitrogen and oxygen atoms in total. The molecular weight excluding hydrogens is 468 g/mol. The Bertz CT molecular complexity index is 906. The van der Waals surface area contributed by atoms with Gasteiger partial charge in [-0.3, -0.25) is 4.90 Å². The molecule has 1 aliphatic heterocycles. The molecule has 2 aromatic carbocycles. The molecule has 0 saturated carbocycles. The van der Waals surface area contributed by atoms with Gasteiger partial charge in [0.25, 0.3) is 0 Å². The van der Waals surface area contributed by atoms with Crippen LogP contribution in [0.1, 0.15) is 11.6 Å². The van der Waals surface area contributed by atoms with Gasteiger partial charge in [0.15, 0.2) is 5.75 Å². The lowest BCUT2D eigenvalue weighted by molar-refractivity contribution is 0.0172. The zero-order valence-electron chi connectivity index (χ0n) is 15.4. The number of hydrogen-bond acceptors (Lipinski definition) is 5. The van der Waals surface area contributed by atoms with E-state index in [0.29, 0.717) is 22.7 Å². The molecule has 1 aliphatic rings. The maximum absolute atomic E-state index is 13.0. The molecule has 9 heteroatoms. The minimum absolute atomic E-state index is 0.00293. The molecule has 1 fully saturated rings. The molecule has 1 saturated heterocycles. The van der Waals surface area contributed by atoms with E-state index < -0.39 is 10.0 Å². The predicted octanol–water partition coefficient (Wildman–Crippen LogP) is 3.46. The first-order valence-electron chi connectivity index (χ1n) is 8.82. The summed E-state index contributed by atoms with van der Waals surface area (Å²) in [4.78, 5) is 2.23. The van der Waals surface area contributed by atoms with Gasteiger partial charge in [0.1, 0.15) is 4.90 Å². The van der Waals surface area contributed by atoms with E-state index in [-0.39, 0.29) is 23.2 Å². The summed E-state index contributed by atoms with van der Waals surface area (Å²) in [5.74, 6) is 0.222. The van der Waals surface area contributed by atoms with Crippen molar-refractivity contribution in [2.45, 2.75) is 10.9 Å². The van der Waals surface area contributed by atoms with Crippen LogP contribution in [-0.2, 0) is 14.8 Å². The molecule has 0 spiro atoms. The predicted molar refractivity (Wildman–Crippen MR) is 112 cm³/mol. The molecule has 1 heterocycles. The molecule has 152 valence electrons. The number of methoxy groups -OCH3 is 1. The summed E-state index contributed by atoms with van der Waals surface area (Å²) in [6, 6.07) is 12.7. The van der Waals surface area contributed by atoms with Crippen molar-refractivity contribution in [2.24, 2.45) is 0 Å². The van der Waals surface area contributed by atoms with Crippen LogP contribution in [0.15, 0.2) is 51.8 Å². The first kappa shape index (κ1) is 21.5. The Morgan fingerprint density at radius 3 is 2.57 bits per heavy atom. The van der Waals surface area contributed by atoms with Gasteiger partial charge in [0.05, 0.1) is 24.8 Å². The molecule has 0 amide bonds. The van der Waals surface area contributed by atoms with Crippen LogP contribution in [-0.4, -0.2) is 53.3 Å². The standard InChI is InChI=1S/C19H22BrClN2O4S/c1-26-19-16(20)11-15(21)12-18(19)28(24,25)22-13-17(14-5-3-2-4-6-14)23-7-9-27-10-8-23/h2-6,11-12,17,22H,7-10,13H2,1H3. The number of nitrogens with one attached hydrogen (secondary N) is 1. The van der Waals surface area contributed by atoms with E-state index in [1.165, 1.54) is 13.2 Å². The highest BCUT2D eigenvalue weighted by Gasteiger charge is 2.27. The highest BCUT2D eigenvalue weighted by molar-refractivity contribution is 9.10. The molecule has 2 aromatic rings. The number of ether oxygens (including phenoxy) is 2. The van der Waals surface area contributed by atoms with Crippen LogP contribution in [0.3, 0.4) is 0 Å². The van der Waals surface area contributed by atoms with Crippen LogP contribution in [0.25, 0.3) is 0 Å². The third-order valence-electron chi connectivity index (χ3n) is 4.61. The average Bonchev–Trinajstić information content (AvgIpc) is 2.69. The number of rotatable bonds is 7. The maximum Gasteiger partial charge on any atom is 0.244 e. The van der Waals surface area contributed by atoms with Gasteiger partial charge in [-0.1, -0.05) is 41.9 Å². The molecule has 3 rings (SSSR count). The second kappa shape index (κ2) is 9.56. The van der Waals surface area contributed by atoms with E-state index in [2.05, 4.69) is 25.6 Å². The Labute approximate surface area is 179 Å². The highest BCUT2D eigenvalue weighted by atomic mass is 79.9. The van der Waals surface area contributed by atoms with Gasteiger partial charge in [-0.2, -0.15) is 0 Å². The van der Waals surface area contributed by atoms with Crippen molar-refractivity contribution in [3.8, 4) is 5.75 Å². The summed E-state index contributed by atoms with van der Waals surface area (Å²) in [6.07, 6.45) is 0. The molecule has 1 N–H and O–H groups in total. The monoisotopic (exact) mass is 488 g/mol. The summed E-state index contributed by atoms with van der Waals surface area (Å²) >= 11 is 9.37. The maximum atomic E-state index is 13.0. The van der Waals surface area contributed by atoms with Crippen molar-refractivity contribution in [1.29, 1.82) is 0 Å². The smallest absolute Gasteiger partial charge is 0.244 e. The topological polar surface area (TPSA) is 67.9 Å². The second-order valence-electron chi connectivity index (χ2n) is 6.35. The van der Waals surface area contributed by atoms with Crippen molar-refractivity contribution in [2.75, 3.05) is 40.0 Å². The molecule has 0 radical (unpaired) electrons. The fourth-order valence-electron chi connectivity index (χ4n) is 3.22. The van der Waals surface area contributed by atoms with Gasteiger partial charge < -0.3 is 9.47 Å². The van der Waals surface area contributed by atoms with Crippen molar-refractivity contribution < 1.29 is 17.9 Å². The third-order valence-corrected chi connectivity index (χ3v) is 6.84. The molecule has 0 aromatic heterocycles. The second-order valence-corrected chi connectivity index (χ2v) is 9.37. The number of nitrogens with zero attached hydrogens (tertiary/aromatic N) is 1. The van der Waals surface area contributed by atoms with Crippen LogP contribution in [0.4, 0.5) is 0 Å². The van der Waals surface area contributed by atoms with Crippen molar-refractivity contribution in [3.63, 3.8) is 0 Å². The van der Waals surface area contributed by atoms with E-state index >= 15 is 0 Å². The molecule has 1 unspecified atom stereocenters. The minimum atomic E-state index is -3.84. The largest absolute Gasteiger partial charge is 0.494 e. The summed E-state index contributed by atoms with van der Waals surface area (Å²) in [5.41, 5.74) is 1.05. The van der Waals surface area contributed by atoms with Gasteiger partial charge in [-0.05, 0) is 33.6 Å². The summed E-state index contributed by atoms with van der Waals surface area (Å²) in [6.45, 7) is 2.97. The van der Waals surface area contributed by atoms with Crippen LogP contribution >= 0.6 is 27.5 Å². The van der Waals surface area contributed by atoms with Gasteiger partial charge in [-0.25, -0.2) is 13.1 Å². The average molecular weight is 490 g/mol. The molecule has 0 aliphatic carbocycles. The summed E-state index contributed by atoms with van der Waals surface area (Å²) in [5, 5.41) is 0.306. The SMILES string of the molecule is COc1c(Br)cc(Cl)cc1S(=O)(=O)NCC(c1ccccc1)N1CCOCC1.